The molecule has 2 aromatic carbocycles. The lowest BCUT2D eigenvalue weighted by Crippen LogP contribution is -2.39. The maximum absolute atomic E-state index is 13.6. The van der Waals surface area contributed by atoms with Crippen molar-refractivity contribution in [3.05, 3.63) is 78.4 Å². The first-order chi connectivity index (χ1) is 14.9. The lowest BCUT2D eigenvalue weighted by atomic mass is 9.94. The molecule has 162 valence electrons. The highest BCUT2D eigenvalue weighted by Crippen LogP contribution is 2.38. The van der Waals surface area contributed by atoms with Crippen molar-refractivity contribution in [2.24, 2.45) is 11.8 Å². The Morgan fingerprint density at radius 2 is 1.77 bits per heavy atom. The van der Waals surface area contributed by atoms with Crippen LogP contribution in [-0.4, -0.2) is 44.8 Å². The molecule has 3 aromatic rings. The highest BCUT2D eigenvalue weighted by atomic mass is 19.4. The molecule has 9 heteroatoms. The number of alkyl halides is 3. The zero-order valence-electron chi connectivity index (χ0n) is 16.7. The molecule has 6 nitrogen and oxygen atoms in total. The van der Waals surface area contributed by atoms with Crippen molar-refractivity contribution in [2.75, 3.05) is 13.1 Å². The molecule has 2 heterocycles. The standard InChI is InChI=1S/C22H22F3N5O/c23-22(24,25)20-13-29(11-17-4-2-1-3-5-17)12-19(20)21(31)27-10-16-6-8-18(9-7-16)30-15-26-14-28-30/h1-9,14-15,19-20H,10-13H2,(H,27,31). The zero-order chi connectivity index (χ0) is 21.8. The Hall–Kier alpha value is -3.20. The fraction of sp³-hybridized carbons (Fsp3) is 0.318. The molecule has 0 saturated carbocycles. The molecule has 1 saturated heterocycles. The molecule has 1 aliphatic heterocycles. The van der Waals surface area contributed by atoms with Gasteiger partial charge in [0.15, 0.2) is 0 Å². The molecule has 4 rings (SSSR count). The van der Waals surface area contributed by atoms with Crippen LogP contribution in [0.3, 0.4) is 0 Å². The summed E-state index contributed by atoms with van der Waals surface area (Å²) in [7, 11) is 0. The molecule has 0 radical (unpaired) electrons. The maximum atomic E-state index is 13.6. The molecule has 31 heavy (non-hydrogen) atoms. The summed E-state index contributed by atoms with van der Waals surface area (Å²) in [6.45, 7) is 0.455. The number of nitrogens with zero attached hydrogens (tertiary/aromatic N) is 4. The van der Waals surface area contributed by atoms with E-state index in [1.807, 2.05) is 42.5 Å². The predicted octanol–water partition coefficient (Wildman–Crippen LogP) is 3.19. The first-order valence-electron chi connectivity index (χ1n) is 9.95. The SMILES string of the molecule is O=C(NCc1ccc(-n2cncn2)cc1)C1CN(Cc2ccccc2)CC1C(F)(F)F. The second-order valence-corrected chi connectivity index (χ2v) is 7.66. The Bertz CT molecular complexity index is 990. The second kappa shape index (κ2) is 8.89. The van der Waals surface area contributed by atoms with Gasteiger partial charge in [-0.3, -0.25) is 9.69 Å². The van der Waals surface area contributed by atoms with Crippen LogP contribution in [0.15, 0.2) is 67.3 Å². The van der Waals surface area contributed by atoms with Gasteiger partial charge in [-0.15, -0.1) is 0 Å². The van der Waals surface area contributed by atoms with E-state index in [4.69, 9.17) is 0 Å². The van der Waals surface area contributed by atoms with Crippen LogP contribution < -0.4 is 5.32 Å². The normalized spacial score (nSPS) is 19.5. The summed E-state index contributed by atoms with van der Waals surface area (Å²) in [6, 6.07) is 16.5. The quantitative estimate of drug-likeness (QED) is 0.654. The van der Waals surface area contributed by atoms with Gasteiger partial charge in [0.25, 0.3) is 0 Å². The molecule has 0 bridgehead atoms. The van der Waals surface area contributed by atoms with Crippen LogP contribution in [0.5, 0.6) is 0 Å². The smallest absolute Gasteiger partial charge is 0.352 e. The predicted molar refractivity (Wildman–Crippen MR) is 108 cm³/mol. The Morgan fingerprint density at radius 1 is 1.03 bits per heavy atom. The fourth-order valence-electron chi connectivity index (χ4n) is 3.88. The number of aromatic nitrogens is 3. The number of amides is 1. The minimum absolute atomic E-state index is 0.0795. The number of hydrogen-bond acceptors (Lipinski definition) is 4. The van der Waals surface area contributed by atoms with Crippen LogP contribution in [-0.2, 0) is 17.9 Å². The molecule has 1 aliphatic rings. The van der Waals surface area contributed by atoms with Gasteiger partial charge in [-0.05, 0) is 23.3 Å². The number of benzene rings is 2. The van der Waals surface area contributed by atoms with Crippen LogP contribution in [0.25, 0.3) is 5.69 Å². The van der Waals surface area contributed by atoms with Crippen LogP contribution in [0, 0.1) is 11.8 Å². The third-order valence-electron chi connectivity index (χ3n) is 5.49. The molecule has 2 atom stereocenters. The van der Waals surface area contributed by atoms with E-state index < -0.39 is 23.9 Å². The van der Waals surface area contributed by atoms with Crippen molar-refractivity contribution < 1.29 is 18.0 Å². The van der Waals surface area contributed by atoms with Crippen molar-refractivity contribution in [3.63, 3.8) is 0 Å². The van der Waals surface area contributed by atoms with Crippen molar-refractivity contribution in [1.82, 2.24) is 25.0 Å². The molecular weight excluding hydrogens is 407 g/mol. The molecule has 1 aromatic heterocycles. The van der Waals surface area contributed by atoms with Gasteiger partial charge in [-0.25, -0.2) is 9.67 Å². The lowest BCUT2D eigenvalue weighted by Gasteiger charge is -2.20. The minimum atomic E-state index is -4.42. The molecule has 1 amide bonds. The monoisotopic (exact) mass is 429 g/mol. The molecular formula is C22H22F3N5O. The third-order valence-corrected chi connectivity index (χ3v) is 5.49. The number of hydrogen-bond donors (Lipinski definition) is 1. The average Bonchev–Trinajstić information content (AvgIpc) is 3.43. The van der Waals surface area contributed by atoms with Gasteiger partial charge in [-0.1, -0.05) is 42.5 Å². The number of carbonyl (C=O) groups excluding carboxylic acids is 1. The number of rotatable bonds is 6. The van der Waals surface area contributed by atoms with Crippen LogP contribution >= 0.6 is 0 Å². The van der Waals surface area contributed by atoms with Crippen molar-refractivity contribution in [1.29, 1.82) is 0 Å². The third kappa shape index (κ3) is 5.11. The summed E-state index contributed by atoms with van der Waals surface area (Å²) in [6.07, 6.45) is -1.43. The van der Waals surface area contributed by atoms with E-state index in [9.17, 15) is 18.0 Å². The van der Waals surface area contributed by atoms with Gasteiger partial charge < -0.3 is 5.32 Å². The van der Waals surface area contributed by atoms with Crippen molar-refractivity contribution in [3.8, 4) is 5.69 Å². The largest absolute Gasteiger partial charge is 0.393 e. The molecule has 1 N–H and O–H groups in total. The van der Waals surface area contributed by atoms with E-state index in [0.717, 1.165) is 16.8 Å². The number of halogens is 3. The van der Waals surface area contributed by atoms with Crippen LogP contribution in [0.2, 0.25) is 0 Å². The number of likely N-dealkylation sites (tertiary alicyclic amines) is 1. The van der Waals surface area contributed by atoms with E-state index in [1.54, 1.807) is 28.0 Å². The highest BCUT2D eigenvalue weighted by Gasteiger charge is 2.52. The zero-order valence-corrected chi connectivity index (χ0v) is 16.7. The Balaban J connectivity index is 1.38. The van der Waals surface area contributed by atoms with Gasteiger partial charge in [0.2, 0.25) is 5.91 Å². The Morgan fingerprint density at radius 3 is 2.42 bits per heavy atom. The number of carbonyl (C=O) groups is 1. The summed E-state index contributed by atoms with van der Waals surface area (Å²) in [5.41, 5.74) is 2.52. The summed E-state index contributed by atoms with van der Waals surface area (Å²) in [4.78, 5) is 18.2. The van der Waals surface area contributed by atoms with Gasteiger partial charge in [0, 0.05) is 26.2 Å². The number of nitrogens with one attached hydrogen (secondary N) is 1. The summed E-state index contributed by atoms with van der Waals surface area (Å²) < 4.78 is 42.4. The van der Waals surface area contributed by atoms with E-state index in [0.29, 0.717) is 6.54 Å². The van der Waals surface area contributed by atoms with E-state index in [2.05, 4.69) is 15.4 Å². The highest BCUT2D eigenvalue weighted by molar-refractivity contribution is 5.79. The van der Waals surface area contributed by atoms with Crippen LogP contribution in [0.4, 0.5) is 13.2 Å². The first kappa shape index (κ1) is 21.0. The summed E-state index contributed by atoms with van der Waals surface area (Å²) >= 11 is 0. The first-order valence-corrected chi connectivity index (χ1v) is 9.95. The van der Waals surface area contributed by atoms with Gasteiger partial charge in [0.05, 0.1) is 17.5 Å². The van der Waals surface area contributed by atoms with E-state index in [-0.39, 0.29) is 19.6 Å². The van der Waals surface area contributed by atoms with Gasteiger partial charge in [0.1, 0.15) is 12.7 Å². The lowest BCUT2D eigenvalue weighted by molar-refractivity contribution is -0.183. The molecule has 0 aliphatic carbocycles. The molecule has 1 fully saturated rings. The van der Waals surface area contributed by atoms with Crippen LogP contribution in [0.1, 0.15) is 11.1 Å². The van der Waals surface area contributed by atoms with Crippen molar-refractivity contribution in [2.45, 2.75) is 19.3 Å². The topological polar surface area (TPSA) is 63.1 Å². The Kier molecular flexibility index (Phi) is 6.03. The average molecular weight is 429 g/mol. The maximum Gasteiger partial charge on any atom is 0.393 e. The minimum Gasteiger partial charge on any atom is -0.352 e. The second-order valence-electron chi connectivity index (χ2n) is 7.66. The van der Waals surface area contributed by atoms with E-state index in [1.165, 1.54) is 6.33 Å². The summed E-state index contributed by atoms with van der Waals surface area (Å²) in [5, 5.41) is 6.72. The molecule has 2 unspecified atom stereocenters. The van der Waals surface area contributed by atoms with Crippen molar-refractivity contribution >= 4 is 5.91 Å². The van der Waals surface area contributed by atoms with Gasteiger partial charge in [-0.2, -0.15) is 18.3 Å². The van der Waals surface area contributed by atoms with Gasteiger partial charge >= 0.3 is 6.18 Å². The molecule has 0 spiro atoms. The van der Waals surface area contributed by atoms with E-state index >= 15 is 0 Å². The fourth-order valence-corrected chi connectivity index (χ4v) is 3.88. The summed E-state index contributed by atoms with van der Waals surface area (Å²) in [5.74, 6) is -3.37. The Labute approximate surface area is 177 Å².